The first-order valence-electron chi connectivity index (χ1n) is 10.9. The van der Waals surface area contributed by atoms with Crippen LogP contribution in [0.5, 0.6) is 0 Å². The van der Waals surface area contributed by atoms with Crippen molar-refractivity contribution in [3.05, 3.63) is 83.2 Å². The average Bonchev–Trinajstić information content (AvgIpc) is 2.81. The van der Waals surface area contributed by atoms with Gasteiger partial charge in [-0.25, -0.2) is 37.3 Å². The number of rotatable bonds is 2. The van der Waals surface area contributed by atoms with Gasteiger partial charge in [0.1, 0.15) is 21.6 Å². The van der Waals surface area contributed by atoms with Crippen molar-refractivity contribution >= 4 is 48.3 Å². The number of pyridine rings is 2. The van der Waals surface area contributed by atoms with Gasteiger partial charge in [0, 0.05) is 43.9 Å². The number of benzene rings is 2. The Balaban J connectivity index is 0. The Morgan fingerprint density at radius 3 is 1.10 bits per heavy atom. The fourth-order valence-electron chi connectivity index (χ4n) is 3.02. The Kier molecular flexibility index (Phi) is 20.4. The number of fused-ring (bicyclic) bond motifs is 2. The zero-order chi connectivity index (χ0) is 31.1. The molecule has 0 unspecified atom stereocenters. The molecule has 0 radical (unpaired) electrons. The molecule has 41 heavy (non-hydrogen) atoms. The van der Waals surface area contributed by atoms with Gasteiger partial charge in [-0.2, -0.15) is 0 Å². The number of nitro groups is 1. The van der Waals surface area contributed by atoms with Crippen LogP contribution in [0.2, 0.25) is 0 Å². The second kappa shape index (κ2) is 20.2. The number of aromatic nitrogens is 2. The molecule has 0 aliphatic rings. The number of halogens is 2. The molecule has 4 rings (SSSR count). The van der Waals surface area contributed by atoms with E-state index in [4.69, 9.17) is 47.4 Å². The Morgan fingerprint density at radius 2 is 0.854 bits per heavy atom. The number of para-hydroxylation sites is 2. The zero-order valence-corrected chi connectivity index (χ0v) is 26.9. The van der Waals surface area contributed by atoms with Crippen LogP contribution in [-0.4, -0.2) is 48.6 Å². The summed E-state index contributed by atoms with van der Waals surface area (Å²) in [5.74, 6) is 0. The van der Waals surface area contributed by atoms with Gasteiger partial charge in [-0.15, -0.1) is 20.5 Å². The first kappa shape index (κ1) is 41.4. The number of hydrogen-bond acceptors (Lipinski definition) is 12. The Labute approximate surface area is 253 Å². The molecule has 0 aliphatic heterocycles. The molecular formula is C23H29Cl2N3NiO10P2+2. The first-order chi connectivity index (χ1) is 18.3. The van der Waals surface area contributed by atoms with E-state index in [1.165, 1.54) is 32.4 Å². The monoisotopic (exact) mass is 697 g/mol. The molecule has 0 amide bonds. The topological polar surface area (TPSA) is 253 Å². The predicted octanol–water partition coefficient (Wildman–Crippen LogP) is -4.95. The molecule has 18 heteroatoms. The van der Waals surface area contributed by atoms with Crippen molar-refractivity contribution in [1.82, 2.24) is 9.97 Å². The van der Waals surface area contributed by atoms with E-state index in [9.17, 15) is 0 Å². The predicted molar refractivity (Wildman–Crippen MR) is 136 cm³/mol. The van der Waals surface area contributed by atoms with Crippen molar-refractivity contribution in [2.75, 3.05) is 33.7 Å². The SMILES string of the molecule is C[N+](=O)[O-].C[PH+](C)c1cccc2cccnc12.C[PH+](C)c1cccc2cccnc12.[Ni+2].[O-][Cl+3]([O-])([O-])[O-].[O-][Cl+3]([O-])([O-])[O-]. The van der Waals surface area contributed by atoms with Crippen molar-refractivity contribution in [2.45, 2.75) is 0 Å². The van der Waals surface area contributed by atoms with Crippen LogP contribution >= 0.6 is 15.8 Å². The van der Waals surface area contributed by atoms with Gasteiger partial charge in [-0.1, -0.05) is 36.4 Å². The molecule has 2 aromatic carbocycles. The molecule has 13 nitrogen and oxygen atoms in total. The van der Waals surface area contributed by atoms with Crippen molar-refractivity contribution in [1.29, 1.82) is 0 Å². The summed E-state index contributed by atoms with van der Waals surface area (Å²) in [6.45, 7) is 9.20. The van der Waals surface area contributed by atoms with Gasteiger partial charge in [0.2, 0.25) is 0 Å². The van der Waals surface area contributed by atoms with Crippen molar-refractivity contribution in [2.24, 2.45) is 0 Å². The molecule has 0 N–H and O–H groups in total. The van der Waals surface area contributed by atoms with E-state index in [1.54, 1.807) is 0 Å². The summed E-state index contributed by atoms with van der Waals surface area (Å²) < 4.78 is 67.9. The summed E-state index contributed by atoms with van der Waals surface area (Å²) in [5.41, 5.74) is 2.37. The quantitative estimate of drug-likeness (QED) is 0.0826. The van der Waals surface area contributed by atoms with Gasteiger partial charge in [-0.05, 0) is 24.3 Å². The van der Waals surface area contributed by atoms with Gasteiger partial charge in [0.05, 0.1) is 26.7 Å². The van der Waals surface area contributed by atoms with Gasteiger partial charge >= 0.3 is 16.5 Å². The molecular weight excluding hydrogens is 670 g/mol. The van der Waals surface area contributed by atoms with Crippen LogP contribution in [0, 0.1) is 30.6 Å². The van der Waals surface area contributed by atoms with Crippen LogP contribution < -0.4 is 47.9 Å². The normalized spacial score (nSPS) is 10.5. The minimum Gasteiger partial charge on any atom is -0.265 e. The summed E-state index contributed by atoms with van der Waals surface area (Å²) in [5, 5.41) is 14.2. The Morgan fingerprint density at radius 1 is 0.610 bits per heavy atom. The summed E-state index contributed by atoms with van der Waals surface area (Å²) in [6.07, 6.45) is 3.74. The average molecular weight is 699 g/mol. The minimum atomic E-state index is -4.94. The molecule has 2 aromatic heterocycles. The van der Waals surface area contributed by atoms with E-state index >= 15 is 0 Å². The van der Waals surface area contributed by atoms with E-state index in [0.717, 1.165) is 7.05 Å². The molecule has 0 spiro atoms. The van der Waals surface area contributed by atoms with Crippen molar-refractivity contribution in [3.63, 3.8) is 0 Å². The standard InChI is InChI=1S/2C11H12NP.CH3NO2.2ClHO4.Ni/c2*1-13(2)10-7-3-5-9-6-4-8-12-11(9)10;1-2(3)4;2*2-1(3,4)5;/h2*3-8H,1-2H3;1H3;2*(H,2,3,4,5);/q;;;;;+2. The largest absolute Gasteiger partial charge is 2.00 e. The van der Waals surface area contributed by atoms with Crippen LogP contribution in [0.4, 0.5) is 0 Å². The molecule has 4 aromatic rings. The van der Waals surface area contributed by atoms with Crippen molar-refractivity contribution < 1.29 is 79.2 Å². The Hall–Kier alpha value is -1.73. The molecule has 0 saturated heterocycles. The second-order valence-electron chi connectivity index (χ2n) is 7.96. The maximum absolute atomic E-state index is 8.81. The number of nitrogens with zero attached hydrogens (tertiary/aromatic N) is 3. The third-order valence-electron chi connectivity index (χ3n) is 4.34. The summed E-state index contributed by atoms with van der Waals surface area (Å²) in [4.78, 5) is 17.2. The smallest absolute Gasteiger partial charge is 0.265 e. The van der Waals surface area contributed by atoms with E-state index in [-0.39, 0.29) is 16.5 Å². The molecule has 228 valence electrons. The fraction of sp³-hybridized carbons (Fsp3) is 0.217. The summed E-state index contributed by atoms with van der Waals surface area (Å²) >= 11 is 0. The molecule has 0 atom stereocenters. The van der Waals surface area contributed by atoms with E-state index in [1.807, 2.05) is 24.5 Å². The van der Waals surface area contributed by atoms with Crippen LogP contribution in [0.3, 0.4) is 0 Å². The van der Waals surface area contributed by atoms with Gasteiger partial charge in [-0.3, -0.25) is 20.1 Å². The maximum atomic E-state index is 8.81. The molecule has 0 saturated carbocycles. The van der Waals surface area contributed by atoms with E-state index < -0.39 is 41.3 Å². The third-order valence-corrected chi connectivity index (χ3v) is 7.30. The summed E-state index contributed by atoms with van der Waals surface area (Å²) in [6, 6.07) is 21.1. The first-order valence-corrected chi connectivity index (χ1v) is 18.4. The Bertz CT molecular complexity index is 1210. The van der Waals surface area contributed by atoms with Gasteiger partial charge < -0.3 is 0 Å². The maximum Gasteiger partial charge on any atom is 2.00 e. The van der Waals surface area contributed by atoms with Crippen LogP contribution in [0.15, 0.2) is 73.1 Å². The van der Waals surface area contributed by atoms with Crippen LogP contribution in [-0.2, 0) is 16.5 Å². The van der Waals surface area contributed by atoms with Gasteiger partial charge in [0.25, 0.3) is 0 Å². The molecule has 0 fully saturated rings. The molecule has 2 heterocycles. The molecule has 0 aliphatic carbocycles. The molecule has 0 bridgehead atoms. The van der Waals surface area contributed by atoms with Crippen LogP contribution in [0.25, 0.3) is 21.8 Å². The van der Waals surface area contributed by atoms with Gasteiger partial charge in [0.15, 0.2) is 7.05 Å². The summed E-state index contributed by atoms with van der Waals surface area (Å²) in [7, 11) is -9.80. The van der Waals surface area contributed by atoms with E-state index in [2.05, 4.69) is 85.2 Å². The zero-order valence-electron chi connectivity index (χ0n) is 22.4. The number of hydrogen-bond donors (Lipinski definition) is 0. The second-order valence-corrected chi connectivity index (χ2v) is 14.5. The third kappa shape index (κ3) is 21.6. The fourth-order valence-corrected chi connectivity index (χ4v) is 5.24. The minimum absolute atomic E-state index is 0. The van der Waals surface area contributed by atoms with E-state index in [0.29, 0.717) is 0 Å². The van der Waals surface area contributed by atoms with Crippen LogP contribution in [0.1, 0.15) is 0 Å². The van der Waals surface area contributed by atoms with Crippen molar-refractivity contribution in [3.8, 4) is 0 Å².